The zero-order valence-electron chi connectivity index (χ0n) is 11.6. The second-order valence-corrected chi connectivity index (χ2v) is 4.27. The van der Waals surface area contributed by atoms with Crippen LogP contribution in [0, 0.1) is 0 Å². The van der Waals surface area contributed by atoms with Crippen molar-refractivity contribution in [2.75, 3.05) is 33.1 Å². The van der Waals surface area contributed by atoms with Crippen LogP contribution >= 0.6 is 0 Å². The topological polar surface area (TPSA) is 73.6 Å². The maximum Gasteiger partial charge on any atom is 0.255 e. The number of nitrogen functional groups attached to an aromatic ring is 1. The van der Waals surface area contributed by atoms with Gasteiger partial charge in [-0.05, 0) is 37.5 Å². The molecule has 0 saturated carbocycles. The summed E-state index contributed by atoms with van der Waals surface area (Å²) in [5.41, 5.74) is 6.70. The second-order valence-electron chi connectivity index (χ2n) is 4.27. The summed E-state index contributed by atoms with van der Waals surface area (Å²) in [6.07, 6.45) is 2.97. The molecule has 0 unspecified atom stereocenters. The van der Waals surface area contributed by atoms with Gasteiger partial charge in [0.15, 0.2) is 0 Å². The van der Waals surface area contributed by atoms with Gasteiger partial charge in [-0.2, -0.15) is 0 Å². The van der Waals surface area contributed by atoms with Crippen molar-refractivity contribution in [1.29, 1.82) is 0 Å². The van der Waals surface area contributed by atoms with Crippen molar-refractivity contribution >= 4 is 11.6 Å². The lowest BCUT2D eigenvalue weighted by Crippen LogP contribution is -2.25. The van der Waals surface area contributed by atoms with Crippen molar-refractivity contribution in [2.24, 2.45) is 0 Å². The van der Waals surface area contributed by atoms with Crippen LogP contribution in [0.4, 0.5) is 5.69 Å². The summed E-state index contributed by atoms with van der Waals surface area (Å²) in [7, 11) is 3.22. The van der Waals surface area contributed by atoms with Crippen LogP contribution in [-0.4, -0.2) is 33.3 Å². The lowest BCUT2D eigenvalue weighted by molar-refractivity contribution is 0.0949. The first-order valence-corrected chi connectivity index (χ1v) is 6.39. The van der Waals surface area contributed by atoms with Gasteiger partial charge in [0.05, 0.1) is 12.7 Å². The molecule has 0 fully saturated rings. The molecule has 1 rings (SSSR count). The minimum absolute atomic E-state index is 0.157. The summed E-state index contributed by atoms with van der Waals surface area (Å²) in [5.74, 6) is 0.377. The highest BCUT2D eigenvalue weighted by atomic mass is 16.5. The minimum Gasteiger partial charge on any atom is -0.496 e. The number of anilines is 1. The SMILES string of the molecule is COCCCCCNC(=O)c1cc(N)ccc1OC. The van der Waals surface area contributed by atoms with E-state index < -0.39 is 0 Å². The van der Waals surface area contributed by atoms with E-state index in [0.29, 0.717) is 23.5 Å². The number of hydrogen-bond acceptors (Lipinski definition) is 4. The van der Waals surface area contributed by atoms with Gasteiger partial charge in [0.25, 0.3) is 5.91 Å². The molecule has 1 aromatic rings. The maximum absolute atomic E-state index is 12.0. The van der Waals surface area contributed by atoms with Crippen LogP contribution in [0.1, 0.15) is 29.6 Å². The zero-order chi connectivity index (χ0) is 14.1. The number of nitrogens with two attached hydrogens (primary N) is 1. The van der Waals surface area contributed by atoms with Crippen LogP contribution in [0.15, 0.2) is 18.2 Å². The predicted molar refractivity (Wildman–Crippen MR) is 75.5 cm³/mol. The van der Waals surface area contributed by atoms with Gasteiger partial charge >= 0.3 is 0 Å². The highest BCUT2D eigenvalue weighted by Crippen LogP contribution is 2.20. The number of carbonyl (C=O) groups excluding carboxylic acids is 1. The molecule has 1 amide bonds. The summed E-state index contributed by atoms with van der Waals surface area (Å²) >= 11 is 0. The number of methoxy groups -OCH3 is 2. The Labute approximate surface area is 114 Å². The first-order valence-electron chi connectivity index (χ1n) is 6.39. The molecule has 3 N–H and O–H groups in total. The molecule has 0 aliphatic heterocycles. The van der Waals surface area contributed by atoms with Crippen LogP contribution in [0.25, 0.3) is 0 Å². The monoisotopic (exact) mass is 266 g/mol. The molecule has 0 aliphatic carbocycles. The van der Waals surface area contributed by atoms with Gasteiger partial charge in [-0.25, -0.2) is 0 Å². The van der Waals surface area contributed by atoms with Crippen molar-refractivity contribution < 1.29 is 14.3 Å². The molecule has 0 radical (unpaired) electrons. The molecule has 106 valence electrons. The minimum atomic E-state index is -0.157. The van der Waals surface area contributed by atoms with E-state index in [1.807, 2.05) is 0 Å². The predicted octanol–water partition coefficient (Wildman–Crippen LogP) is 1.82. The maximum atomic E-state index is 12.0. The molecule has 5 nitrogen and oxygen atoms in total. The van der Waals surface area contributed by atoms with Gasteiger partial charge in [0, 0.05) is 25.9 Å². The van der Waals surface area contributed by atoms with Crippen molar-refractivity contribution in [3.8, 4) is 5.75 Å². The molecular formula is C14H22N2O3. The van der Waals surface area contributed by atoms with E-state index in [9.17, 15) is 4.79 Å². The Kier molecular flexibility index (Phi) is 6.74. The van der Waals surface area contributed by atoms with Crippen LogP contribution < -0.4 is 15.8 Å². The molecule has 0 bridgehead atoms. The fraction of sp³-hybridized carbons (Fsp3) is 0.500. The van der Waals surface area contributed by atoms with Crippen LogP contribution in [0.3, 0.4) is 0 Å². The number of benzene rings is 1. The summed E-state index contributed by atoms with van der Waals surface area (Å²) < 4.78 is 10.1. The number of unbranched alkanes of at least 4 members (excludes halogenated alkanes) is 2. The largest absolute Gasteiger partial charge is 0.496 e. The Balaban J connectivity index is 2.43. The number of hydrogen-bond donors (Lipinski definition) is 2. The van der Waals surface area contributed by atoms with Crippen molar-refractivity contribution in [2.45, 2.75) is 19.3 Å². The van der Waals surface area contributed by atoms with Crippen LogP contribution in [0.5, 0.6) is 5.75 Å². The standard InChI is InChI=1S/C14H22N2O3/c1-18-9-5-3-4-8-16-14(17)12-10-11(15)6-7-13(12)19-2/h6-7,10H,3-5,8-9,15H2,1-2H3,(H,16,17). The molecule has 5 heteroatoms. The third kappa shape index (κ3) is 5.18. The summed E-state index contributed by atoms with van der Waals surface area (Å²) in [6, 6.07) is 5.03. The summed E-state index contributed by atoms with van der Waals surface area (Å²) in [5, 5.41) is 2.86. The number of carbonyl (C=O) groups is 1. The Bertz CT molecular complexity index is 408. The molecular weight excluding hydrogens is 244 g/mol. The van der Waals surface area contributed by atoms with Crippen LogP contribution in [-0.2, 0) is 4.74 Å². The fourth-order valence-electron chi connectivity index (χ4n) is 1.75. The second kappa shape index (κ2) is 8.37. The average molecular weight is 266 g/mol. The van der Waals surface area contributed by atoms with E-state index >= 15 is 0 Å². The van der Waals surface area contributed by atoms with Gasteiger partial charge in [-0.1, -0.05) is 0 Å². The van der Waals surface area contributed by atoms with E-state index in [-0.39, 0.29) is 5.91 Å². The van der Waals surface area contributed by atoms with E-state index in [0.717, 1.165) is 25.9 Å². The molecule has 0 atom stereocenters. The normalized spacial score (nSPS) is 10.2. The number of nitrogens with one attached hydrogen (secondary N) is 1. The van der Waals surface area contributed by atoms with Gasteiger partial charge in [0.1, 0.15) is 5.75 Å². The number of amides is 1. The van der Waals surface area contributed by atoms with Gasteiger partial charge in [-0.3, -0.25) is 4.79 Å². The Hall–Kier alpha value is -1.75. The van der Waals surface area contributed by atoms with E-state index in [2.05, 4.69) is 5.32 Å². The van der Waals surface area contributed by atoms with Crippen molar-refractivity contribution in [3.05, 3.63) is 23.8 Å². The molecule has 0 heterocycles. The smallest absolute Gasteiger partial charge is 0.255 e. The van der Waals surface area contributed by atoms with Crippen molar-refractivity contribution in [3.63, 3.8) is 0 Å². The summed E-state index contributed by atoms with van der Waals surface area (Å²) in [4.78, 5) is 12.0. The third-order valence-electron chi connectivity index (χ3n) is 2.78. The van der Waals surface area contributed by atoms with Crippen LogP contribution in [0.2, 0.25) is 0 Å². The van der Waals surface area contributed by atoms with Crippen molar-refractivity contribution in [1.82, 2.24) is 5.32 Å². The molecule has 0 aliphatic rings. The summed E-state index contributed by atoms with van der Waals surface area (Å²) in [6.45, 7) is 1.40. The first kappa shape index (κ1) is 15.3. The Morgan fingerprint density at radius 1 is 1.26 bits per heavy atom. The highest BCUT2D eigenvalue weighted by Gasteiger charge is 2.11. The lowest BCUT2D eigenvalue weighted by Gasteiger charge is -2.10. The molecule has 19 heavy (non-hydrogen) atoms. The van der Waals surface area contributed by atoms with E-state index in [1.165, 1.54) is 7.11 Å². The number of rotatable bonds is 8. The molecule has 0 spiro atoms. The van der Waals surface area contributed by atoms with Gasteiger partial charge in [0.2, 0.25) is 0 Å². The molecule has 0 aromatic heterocycles. The van der Waals surface area contributed by atoms with Gasteiger partial charge < -0.3 is 20.5 Å². The van der Waals surface area contributed by atoms with E-state index in [1.54, 1.807) is 25.3 Å². The third-order valence-corrected chi connectivity index (χ3v) is 2.78. The zero-order valence-corrected chi connectivity index (χ0v) is 11.6. The Morgan fingerprint density at radius 3 is 2.74 bits per heavy atom. The Morgan fingerprint density at radius 2 is 2.05 bits per heavy atom. The van der Waals surface area contributed by atoms with E-state index in [4.69, 9.17) is 15.2 Å². The highest BCUT2D eigenvalue weighted by molar-refractivity contribution is 5.97. The first-order chi connectivity index (χ1) is 9.19. The van der Waals surface area contributed by atoms with Gasteiger partial charge in [-0.15, -0.1) is 0 Å². The lowest BCUT2D eigenvalue weighted by atomic mass is 10.1. The fourth-order valence-corrected chi connectivity index (χ4v) is 1.75. The quantitative estimate of drug-likeness (QED) is 0.556. The molecule has 0 saturated heterocycles. The average Bonchev–Trinajstić information content (AvgIpc) is 2.42. The number of ether oxygens (including phenoxy) is 2. The molecule has 1 aromatic carbocycles.